The van der Waals surface area contributed by atoms with Gasteiger partial charge in [0.1, 0.15) is 5.75 Å². The summed E-state index contributed by atoms with van der Waals surface area (Å²) in [5.41, 5.74) is 0. The van der Waals surface area contributed by atoms with Gasteiger partial charge in [0.25, 0.3) is 0 Å². The van der Waals surface area contributed by atoms with Crippen molar-refractivity contribution in [2.75, 3.05) is 13.7 Å². The van der Waals surface area contributed by atoms with Crippen molar-refractivity contribution in [2.24, 2.45) is 0 Å². The Morgan fingerprint density at radius 1 is 1.53 bits per heavy atom. The number of hydrogen-bond acceptors (Lipinski definition) is 3. The lowest BCUT2D eigenvalue weighted by Gasteiger charge is -2.06. The summed E-state index contributed by atoms with van der Waals surface area (Å²) in [7, 11) is 1.36. The van der Waals surface area contributed by atoms with Crippen molar-refractivity contribution in [3.05, 3.63) is 24.0 Å². The van der Waals surface area contributed by atoms with E-state index in [-0.39, 0.29) is 11.5 Å². The zero-order valence-electron chi connectivity index (χ0n) is 8.54. The second-order valence-corrected chi connectivity index (χ2v) is 2.72. The van der Waals surface area contributed by atoms with E-state index in [9.17, 15) is 9.18 Å². The summed E-state index contributed by atoms with van der Waals surface area (Å²) in [4.78, 5) is 11.0. The van der Waals surface area contributed by atoms with Crippen molar-refractivity contribution in [1.82, 2.24) is 5.32 Å². The van der Waals surface area contributed by atoms with Crippen LogP contribution in [0.25, 0.3) is 0 Å². The SMILES string of the molecule is CCNC(=O)Oc1ccc(OC)c(F)c1. The van der Waals surface area contributed by atoms with Gasteiger partial charge in [-0.15, -0.1) is 0 Å². The molecule has 1 N–H and O–H groups in total. The van der Waals surface area contributed by atoms with Gasteiger partial charge in [-0.3, -0.25) is 0 Å². The third kappa shape index (κ3) is 3.12. The number of amides is 1. The topological polar surface area (TPSA) is 47.6 Å². The zero-order valence-corrected chi connectivity index (χ0v) is 8.54. The number of nitrogens with one attached hydrogen (secondary N) is 1. The smallest absolute Gasteiger partial charge is 0.412 e. The minimum Gasteiger partial charge on any atom is -0.494 e. The molecular weight excluding hydrogens is 201 g/mol. The second kappa shape index (κ2) is 5.19. The largest absolute Gasteiger partial charge is 0.494 e. The number of carbonyl (C=O) groups excluding carboxylic acids is 1. The van der Waals surface area contributed by atoms with E-state index in [0.29, 0.717) is 6.54 Å². The van der Waals surface area contributed by atoms with Crippen molar-refractivity contribution in [1.29, 1.82) is 0 Å². The Bertz CT molecular complexity index is 355. The fourth-order valence-corrected chi connectivity index (χ4v) is 0.998. The summed E-state index contributed by atoms with van der Waals surface area (Å²) in [6, 6.07) is 3.94. The van der Waals surface area contributed by atoms with Gasteiger partial charge in [-0.25, -0.2) is 9.18 Å². The van der Waals surface area contributed by atoms with Crippen LogP contribution in [0.5, 0.6) is 11.5 Å². The third-order valence-corrected chi connectivity index (χ3v) is 1.65. The van der Waals surface area contributed by atoms with Crippen molar-refractivity contribution < 1.29 is 18.7 Å². The molecule has 1 aromatic carbocycles. The van der Waals surface area contributed by atoms with Crippen LogP contribution in [0, 0.1) is 5.82 Å². The summed E-state index contributed by atoms with van der Waals surface area (Å²) in [5.74, 6) is -0.322. The molecule has 4 nitrogen and oxygen atoms in total. The molecule has 0 heterocycles. The van der Waals surface area contributed by atoms with E-state index in [1.165, 1.54) is 19.2 Å². The lowest BCUT2D eigenvalue weighted by Crippen LogP contribution is -2.26. The average Bonchev–Trinajstić information content (AvgIpc) is 2.18. The van der Waals surface area contributed by atoms with Gasteiger partial charge in [-0.2, -0.15) is 0 Å². The van der Waals surface area contributed by atoms with Crippen LogP contribution in [-0.4, -0.2) is 19.7 Å². The summed E-state index contributed by atoms with van der Waals surface area (Å²) in [5, 5.41) is 2.43. The average molecular weight is 213 g/mol. The first-order valence-electron chi connectivity index (χ1n) is 4.46. The zero-order chi connectivity index (χ0) is 11.3. The highest BCUT2D eigenvalue weighted by Crippen LogP contribution is 2.22. The van der Waals surface area contributed by atoms with Gasteiger partial charge >= 0.3 is 6.09 Å². The molecule has 0 bridgehead atoms. The van der Waals surface area contributed by atoms with Crippen LogP contribution < -0.4 is 14.8 Å². The summed E-state index contributed by atoms with van der Waals surface area (Å²) < 4.78 is 22.7. The number of ether oxygens (including phenoxy) is 2. The number of hydrogen-bond donors (Lipinski definition) is 1. The van der Waals surface area contributed by atoms with Crippen LogP contribution in [0.3, 0.4) is 0 Å². The van der Waals surface area contributed by atoms with E-state index >= 15 is 0 Å². The number of halogens is 1. The second-order valence-electron chi connectivity index (χ2n) is 2.72. The first-order chi connectivity index (χ1) is 7.17. The molecule has 0 aliphatic rings. The monoisotopic (exact) mass is 213 g/mol. The minimum absolute atomic E-state index is 0.109. The molecule has 1 rings (SSSR count). The molecule has 0 saturated heterocycles. The van der Waals surface area contributed by atoms with Gasteiger partial charge in [0.05, 0.1) is 7.11 Å². The number of benzene rings is 1. The standard InChI is InChI=1S/C10H12FNO3/c1-3-12-10(13)15-7-4-5-9(14-2)8(11)6-7/h4-6H,3H2,1-2H3,(H,12,13). The van der Waals surface area contributed by atoms with Crippen LogP contribution in [0.15, 0.2) is 18.2 Å². The molecule has 0 fully saturated rings. The summed E-state index contributed by atoms with van der Waals surface area (Å²) in [6.07, 6.45) is -0.609. The molecule has 82 valence electrons. The van der Waals surface area contributed by atoms with Gasteiger partial charge in [-0.1, -0.05) is 0 Å². The Balaban J connectivity index is 2.71. The summed E-state index contributed by atoms with van der Waals surface area (Å²) >= 11 is 0. The van der Waals surface area contributed by atoms with Gasteiger partial charge < -0.3 is 14.8 Å². The number of methoxy groups -OCH3 is 1. The molecule has 0 aliphatic heterocycles. The van der Waals surface area contributed by atoms with Crippen LogP contribution in [0.4, 0.5) is 9.18 Å². The first kappa shape index (κ1) is 11.3. The van der Waals surface area contributed by atoms with Crippen LogP contribution in [0.2, 0.25) is 0 Å². The summed E-state index contributed by atoms with van der Waals surface area (Å²) in [6.45, 7) is 2.22. The molecule has 0 aromatic heterocycles. The number of rotatable bonds is 3. The molecule has 15 heavy (non-hydrogen) atoms. The van der Waals surface area contributed by atoms with Crippen molar-refractivity contribution in [3.8, 4) is 11.5 Å². The Labute approximate surface area is 87.0 Å². The van der Waals surface area contributed by atoms with Crippen molar-refractivity contribution >= 4 is 6.09 Å². The molecule has 0 spiro atoms. The predicted molar refractivity (Wildman–Crippen MR) is 52.7 cm³/mol. The van der Waals surface area contributed by atoms with Crippen molar-refractivity contribution in [3.63, 3.8) is 0 Å². The highest BCUT2D eigenvalue weighted by Gasteiger charge is 2.07. The molecule has 0 saturated carbocycles. The van der Waals surface area contributed by atoms with E-state index in [1.54, 1.807) is 6.92 Å². The molecule has 5 heteroatoms. The maximum atomic E-state index is 13.2. The lowest BCUT2D eigenvalue weighted by atomic mass is 10.3. The predicted octanol–water partition coefficient (Wildman–Crippen LogP) is 1.94. The van der Waals surface area contributed by atoms with Gasteiger partial charge in [0.2, 0.25) is 0 Å². The van der Waals surface area contributed by atoms with Gasteiger partial charge in [-0.05, 0) is 19.1 Å². The fourth-order valence-electron chi connectivity index (χ4n) is 0.998. The van der Waals surface area contributed by atoms with Crippen LogP contribution in [-0.2, 0) is 0 Å². The minimum atomic E-state index is -0.609. The highest BCUT2D eigenvalue weighted by molar-refractivity contribution is 5.70. The molecule has 0 atom stereocenters. The van der Waals surface area contributed by atoms with E-state index in [2.05, 4.69) is 5.32 Å². The highest BCUT2D eigenvalue weighted by atomic mass is 19.1. The normalized spacial score (nSPS) is 9.53. The van der Waals surface area contributed by atoms with Crippen molar-refractivity contribution in [2.45, 2.75) is 6.92 Å². The Morgan fingerprint density at radius 2 is 2.27 bits per heavy atom. The molecule has 1 amide bonds. The third-order valence-electron chi connectivity index (χ3n) is 1.65. The van der Waals surface area contributed by atoms with E-state index in [4.69, 9.17) is 9.47 Å². The Kier molecular flexibility index (Phi) is 3.91. The van der Waals surface area contributed by atoms with E-state index in [1.807, 2.05) is 0 Å². The molecule has 0 aliphatic carbocycles. The Morgan fingerprint density at radius 3 is 2.80 bits per heavy atom. The molecule has 0 radical (unpaired) electrons. The first-order valence-corrected chi connectivity index (χ1v) is 4.46. The van der Waals surface area contributed by atoms with E-state index < -0.39 is 11.9 Å². The van der Waals surface area contributed by atoms with Gasteiger partial charge in [0, 0.05) is 12.6 Å². The molecule has 1 aromatic rings. The van der Waals surface area contributed by atoms with Crippen LogP contribution in [0.1, 0.15) is 6.92 Å². The molecular formula is C10H12FNO3. The lowest BCUT2D eigenvalue weighted by molar-refractivity contribution is 0.201. The quantitative estimate of drug-likeness (QED) is 0.834. The van der Waals surface area contributed by atoms with Gasteiger partial charge in [0.15, 0.2) is 11.6 Å². The van der Waals surface area contributed by atoms with E-state index in [0.717, 1.165) is 6.07 Å². The van der Waals surface area contributed by atoms with Crippen LogP contribution >= 0.6 is 0 Å². The molecule has 0 unspecified atom stereocenters. The number of carbonyl (C=O) groups is 1. The Hall–Kier alpha value is -1.78. The maximum absolute atomic E-state index is 13.2. The maximum Gasteiger partial charge on any atom is 0.412 e. The fraction of sp³-hybridized carbons (Fsp3) is 0.300.